The highest BCUT2D eigenvalue weighted by Crippen LogP contribution is 2.22. The number of nitriles is 1. The zero-order valence-corrected chi connectivity index (χ0v) is 19.0. The van der Waals surface area contributed by atoms with Crippen LogP contribution in [0.3, 0.4) is 0 Å². The van der Waals surface area contributed by atoms with Crippen molar-refractivity contribution in [3.63, 3.8) is 0 Å². The number of hydrogen-bond acceptors (Lipinski definition) is 8. The number of aliphatic carboxylic acids is 1. The van der Waals surface area contributed by atoms with E-state index in [4.69, 9.17) is 0 Å². The third-order valence-corrected chi connectivity index (χ3v) is 6.46. The molecule has 1 atom stereocenters. The molecule has 3 amide bonds. The zero-order valence-electron chi connectivity index (χ0n) is 17.4. The van der Waals surface area contributed by atoms with E-state index < -0.39 is 29.7 Å². The van der Waals surface area contributed by atoms with Crippen molar-refractivity contribution in [2.45, 2.75) is 12.6 Å². The van der Waals surface area contributed by atoms with E-state index in [-0.39, 0.29) is 34.2 Å². The predicted molar refractivity (Wildman–Crippen MR) is 124 cm³/mol. The summed E-state index contributed by atoms with van der Waals surface area (Å²) in [5.74, 6) is -3.20. The summed E-state index contributed by atoms with van der Waals surface area (Å²) >= 11 is 1.92. The van der Waals surface area contributed by atoms with Gasteiger partial charge in [0.15, 0.2) is 0 Å². The largest absolute Gasteiger partial charge is 0.508 e. The summed E-state index contributed by atoms with van der Waals surface area (Å²) in [4.78, 5) is 49.1. The van der Waals surface area contributed by atoms with Gasteiger partial charge in [-0.25, -0.2) is 4.79 Å². The van der Waals surface area contributed by atoms with Gasteiger partial charge in [0.1, 0.15) is 22.7 Å². The van der Waals surface area contributed by atoms with Crippen LogP contribution in [-0.4, -0.2) is 46.5 Å². The van der Waals surface area contributed by atoms with Gasteiger partial charge in [-0.15, -0.1) is 22.7 Å². The van der Waals surface area contributed by atoms with Crippen LogP contribution < -0.4 is 16.0 Å². The number of hydrogen-bond donors (Lipinski definition) is 5. The second-order valence-electron chi connectivity index (χ2n) is 6.87. The Bertz CT molecular complexity index is 1260. The summed E-state index contributed by atoms with van der Waals surface area (Å²) in [6.45, 7) is -0.262. The van der Waals surface area contributed by atoms with E-state index in [1.54, 1.807) is 29.6 Å². The molecule has 10 nitrogen and oxygen atoms in total. The molecule has 0 aliphatic heterocycles. The average Bonchev–Trinajstić information content (AvgIpc) is 3.50. The SMILES string of the molecule is N#Cc1cc(C(=O)NCc2cccc(O)c2)sc1C(=O)N[C@@H](CNC(=O)c1cccs1)C(=O)O. The molecule has 0 saturated carbocycles. The van der Waals surface area contributed by atoms with Gasteiger partial charge in [-0.05, 0) is 35.2 Å². The van der Waals surface area contributed by atoms with Crippen LogP contribution in [0.4, 0.5) is 0 Å². The maximum atomic E-state index is 12.7. The van der Waals surface area contributed by atoms with E-state index in [0.29, 0.717) is 10.4 Å². The Morgan fingerprint density at radius 3 is 2.41 bits per heavy atom. The standard InChI is InChI=1S/C22H18N4O6S2/c23-9-13-8-17(20(29)24-10-12-3-1-4-14(27)7-12)34-18(13)21(30)26-15(22(31)32)11-25-19(28)16-5-2-6-33-16/h1-8,15,27H,10-11H2,(H,24,29)(H,25,28)(H,26,30)(H,31,32)/t15-/m0/s1. The first-order valence-corrected chi connectivity index (χ1v) is 11.4. The quantitative estimate of drug-likeness (QED) is 0.300. The highest BCUT2D eigenvalue weighted by Gasteiger charge is 2.26. The van der Waals surface area contributed by atoms with Crippen molar-refractivity contribution in [3.05, 3.63) is 73.6 Å². The summed E-state index contributed by atoms with van der Waals surface area (Å²) in [6, 6.07) is 11.2. The molecule has 2 heterocycles. The van der Waals surface area contributed by atoms with Crippen molar-refractivity contribution < 1.29 is 29.4 Å². The smallest absolute Gasteiger partial charge is 0.328 e. The molecule has 3 aromatic rings. The van der Waals surface area contributed by atoms with Gasteiger partial charge in [-0.1, -0.05) is 18.2 Å². The summed E-state index contributed by atoms with van der Waals surface area (Å²) in [6.07, 6.45) is 0. The fourth-order valence-electron chi connectivity index (χ4n) is 2.80. The number of carboxylic acids is 1. The molecule has 0 aliphatic rings. The lowest BCUT2D eigenvalue weighted by molar-refractivity contribution is -0.139. The van der Waals surface area contributed by atoms with Gasteiger partial charge >= 0.3 is 5.97 Å². The summed E-state index contributed by atoms with van der Waals surface area (Å²) in [5.41, 5.74) is 0.564. The Morgan fingerprint density at radius 2 is 1.76 bits per heavy atom. The summed E-state index contributed by atoms with van der Waals surface area (Å²) < 4.78 is 0. The lowest BCUT2D eigenvalue weighted by atomic mass is 10.2. The Balaban J connectivity index is 1.65. The van der Waals surface area contributed by atoms with Gasteiger partial charge in [0.05, 0.1) is 15.3 Å². The number of nitrogens with zero attached hydrogens (tertiary/aromatic N) is 1. The number of carbonyl (C=O) groups is 4. The molecule has 0 bridgehead atoms. The van der Waals surface area contributed by atoms with E-state index in [1.807, 2.05) is 6.07 Å². The number of benzene rings is 1. The minimum absolute atomic E-state index is 0.0492. The van der Waals surface area contributed by atoms with E-state index in [9.17, 15) is 34.7 Å². The lowest BCUT2D eigenvalue weighted by Crippen LogP contribution is -2.48. The van der Waals surface area contributed by atoms with Crippen LogP contribution >= 0.6 is 22.7 Å². The number of rotatable bonds is 9. The van der Waals surface area contributed by atoms with Gasteiger partial charge in [0.2, 0.25) is 0 Å². The number of phenols is 1. The van der Waals surface area contributed by atoms with Crippen molar-refractivity contribution in [3.8, 4) is 11.8 Å². The van der Waals surface area contributed by atoms with Gasteiger partial charge in [-0.3, -0.25) is 14.4 Å². The highest BCUT2D eigenvalue weighted by atomic mass is 32.1. The number of thiophene rings is 2. The van der Waals surface area contributed by atoms with Crippen molar-refractivity contribution in [1.29, 1.82) is 5.26 Å². The molecule has 12 heteroatoms. The van der Waals surface area contributed by atoms with Crippen molar-refractivity contribution >= 4 is 46.4 Å². The fourth-order valence-corrected chi connectivity index (χ4v) is 4.37. The molecule has 34 heavy (non-hydrogen) atoms. The Labute approximate surface area is 201 Å². The van der Waals surface area contributed by atoms with E-state index in [0.717, 1.165) is 11.3 Å². The van der Waals surface area contributed by atoms with Crippen LogP contribution in [0, 0.1) is 11.3 Å². The summed E-state index contributed by atoms with van der Waals surface area (Å²) in [5, 5.41) is 37.3. The molecule has 3 rings (SSSR count). The molecule has 0 unspecified atom stereocenters. The van der Waals surface area contributed by atoms with Gasteiger partial charge in [0.25, 0.3) is 17.7 Å². The van der Waals surface area contributed by atoms with E-state index >= 15 is 0 Å². The molecule has 0 saturated heterocycles. The van der Waals surface area contributed by atoms with Crippen LogP contribution in [0.2, 0.25) is 0 Å². The maximum absolute atomic E-state index is 12.7. The molecular weight excluding hydrogens is 480 g/mol. The van der Waals surface area contributed by atoms with Crippen LogP contribution in [0.25, 0.3) is 0 Å². The third kappa shape index (κ3) is 6.18. The van der Waals surface area contributed by atoms with Crippen LogP contribution in [0.1, 0.15) is 40.1 Å². The molecule has 0 radical (unpaired) electrons. The first-order chi connectivity index (χ1) is 16.3. The number of aromatic hydroxyl groups is 1. The molecule has 5 N–H and O–H groups in total. The fraction of sp³-hybridized carbons (Fsp3) is 0.136. The minimum Gasteiger partial charge on any atom is -0.508 e. The second-order valence-corrected chi connectivity index (χ2v) is 8.87. The molecule has 0 spiro atoms. The normalized spacial score (nSPS) is 11.1. The number of nitrogens with one attached hydrogen (secondary N) is 3. The Morgan fingerprint density at radius 1 is 1.00 bits per heavy atom. The van der Waals surface area contributed by atoms with Crippen molar-refractivity contribution in [2.24, 2.45) is 0 Å². The molecule has 0 aliphatic carbocycles. The summed E-state index contributed by atoms with van der Waals surface area (Å²) in [7, 11) is 0. The Kier molecular flexibility index (Phi) is 7.96. The molecule has 174 valence electrons. The van der Waals surface area contributed by atoms with Crippen LogP contribution in [0.15, 0.2) is 47.8 Å². The first-order valence-electron chi connectivity index (χ1n) is 9.74. The van der Waals surface area contributed by atoms with E-state index in [1.165, 1.54) is 29.5 Å². The van der Waals surface area contributed by atoms with Gasteiger partial charge in [0, 0.05) is 13.1 Å². The number of phenolic OH excluding ortho intramolecular Hbond substituents is 1. The highest BCUT2D eigenvalue weighted by molar-refractivity contribution is 7.16. The third-order valence-electron chi connectivity index (χ3n) is 4.46. The van der Waals surface area contributed by atoms with Crippen molar-refractivity contribution in [2.75, 3.05) is 6.54 Å². The molecular formula is C22H18N4O6S2. The number of carboxylic acid groups (broad SMARTS) is 1. The van der Waals surface area contributed by atoms with Gasteiger partial charge in [-0.2, -0.15) is 5.26 Å². The van der Waals surface area contributed by atoms with E-state index in [2.05, 4.69) is 16.0 Å². The minimum atomic E-state index is -1.45. The number of carbonyl (C=O) groups excluding carboxylic acids is 3. The lowest BCUT2D eigenvalue weighted by Gasteiger charge is -2.14. The monoisotopic (exact) mass is 498 g/mol. The first kappa shape index (κ1) is 24.4. The molecule has 1 aromatic carbocycles. The maximum Gasteiger partial charge on any atom is 0.328 e. The van der Waals surface area contributed by atoms with Crippen LogP contribution in [-0.2, 0) is 11.3 Å². The average molecular weight is 499 g/mol. The van der Waals surface area contributed by atoms with Crippen molar-refractivity contribution in [1.82, 2.24) is 16.0 Å². The van der Waals surface area contributed by atoms with Crippen LogP contribution in [0.5, 0.6) is 5.75 Å². The Hall–Kier alpha value is -4.21. The molecule has 2 aromatic heterocycles. The number of amides is 3. The van der Waals surface area contributed by atoms with Gasteiger partial charge < -0.3 is 26.2 Å². The molecule has 0 fully saturated rings. The second kappa shape index (κ2) is 11.1. The zero-order chi connectivity index (χ0) is 24.7. The topological polar surface area (TPSA) is 169 Å². The predicted octanol–water partition coefficient (Wildman–Crippen LogP) is 1.93.